The van der Waals surface area contributed by atoms with E-state index in [4.69, 9.17) is 9.47 Å². The number of rotatable bonds is 4. The van der Waals surface area contributed by atoms with Crippen molar-refractivity contribution in [2.75, 3.05) is 25.7 Å². The highest BCUT2D eigenvalue weighted by Gasteiger charge is 2.32. The van der Waals surface area contributed by atoms with Crippen molar-refractivity contribution < 1.29 is 9.47 Å². The van der Waals surface area contributed by atoms with Gasteiger partial charge in [-0.1, -0.05) is 135 Å². The summed E-state index contributed by atoms with van der Waals surface area (Å²) in [4.78, 5) is 2.81. The number of hydrogen-bond donors (Lipinski definition) is 0. The highest BCUT2D eigenvalue weighted by Crippen LogP contribution is 2.63. The molecule has 0 radical (unpaired) electrons. The van der Waals surface area contributed by atoms with Gasteiger partial charge in [0.05, 0.1) is 31.2 Å². The lowest BCUT2D eigenvalue weighted by molar-refractivity contribution is 0.413. The second-order valence-corrected chi connectivity index (χ2v) is 18.8. The summed E-state index contributed by atoms with van der Waals surface area (Å²) in [6, 6.07) is 17.0. The zero-order valence-electron chi connectivity index (χ0n) is 26.4. The second-order valence-electron chi connectivity index (χ2n) is 11.1. The van der Waals surface area contributed by atoms with Gasteiger partial charge in [0.15, 0.2) is 0 Å². The maximum Gasteiger partial charge on any atom is 0.126 e. The monoisotopic (exact) mass is 700 g/mol. The SMILES string of the molecule is COc1ccccc1C1=C2\SC(C)=C(SCCCCCCCCCCCCSC3=C(C)S/C(=C\1c1ccccc1OC)S3)S2. The van der Waals surface area contributed by atoms with Gasteiger partial charge < -0.3 is 9.47 Å². The first-order valence-electron chi connectivity index (χ1n) is 15.7. The van der Waals surface area contributed by atoms with Gasteiger partial charge >= 0.3 is 0 Å². The molecule has 44 heavy (non-hydrogen) atoms. The highest BCUT2D eigenvalue weighted by molar-refractivity contribution is 8.36. The van der Waals surface area contributed by atoms with E-state index in [0.717, 1.165) is 22.6 Å². The molecule has 0 fully saturated rings. The van der Waals surface area contributed by atoms with Gasteiger partial charge in [-0.15, -0.1) is 23.5 Å². The van der Waals surface area contributed by atoms with Gasteiger partial charge in [0.1, 0.15) is 11.5 Å². The number of methoxy groups -OCH3 is 2. The van der Waals surface area contributed by atoms with Gasteiger partial charge in [0.25, 0.3) is 0 Å². The van der Waals surface area contributed by atoms with E-state index in [9.17, 15) is 0 Å². The molecule has 3 aliphatic heterocycles. The minimum Gasteiger partial charge on any atom is -0.496 e. The van der Waals surface area contributed by atoms with Crippen molar-refractivity contribution in [3.63, 3.8) is 0 Å². The molecule has 236 valence electrons. The molecule has 3 heterocycles. The maximum atomic E-state index is 6.03. The largest absolute Gasteiger partial charge is 0.496 e. The fraction of sp³-hybridized carbons (Fsp3) is 0.444. The number of ether oxygens (including phenoxy) is 2. The van der Waals surface area contributed by atoms with Crippen molar-refractivity contribution in [2.24, 2.45) is 0 Å². The van der Waals surface area contributed by atoms with E-state index in [2.05, 4.69) is 62.4 Å². The van der Waals surface area contributed by atoms with Gasteiger partial charge in [-0.2, -0.15) is 0 Å². The van der Waals surface area contributed by atoms with Crippen LogP contribution in [0.1, 0.15) is 89.2 Å². The van der Waals surface area contributed by atoms with Gasteiger partial charge in [-0.3, -0.25) is 0 Å². The van der Waals surface area contributed by atoms with Crippen LogP contribution in [0.25, 0.3) is 11.1 Å². The van der Waals surface area contributed by atoms with Crippen LogP contribution in [0.15, 0.2) is 75.3 Å². The molecule has 0 atom stereocenters. The van der Waals surface area contributed by atoms with E-state index in [0.29, 0.717) is 0 Å². The number of benzene rings is 2. The predicted molar refractivity (Wildman–Crippen MR) is 207 cm³/mol. The topological polar surface area (TPSA) is 18.5 Å². The molecular weight excluding hydrogens is 657 g/mol. The van der Waals surface area contributed by atoms with Crippen molar-refractivity contribution >= 4 is 81.7 Å². The summed E-state index contributed by atoms with van der Waals surface area (Å²) in [5.41, 5.74) is 4.75. The fourth-order valence-electron chi connectivity index (χ4n) is 5.53. The zero-order valence-corrected chi connectivity index (χ0v) is 31.3. The molecule has 0 aromatic heterocycles. The molecule has 8 heteroatoms. The maximum absolute atomic E-state index is 6.03. The van der Waals surface area contributed by atoms with E-state index in [1.807, 2.05) is 70.6 Å². The lowest BCUT2D eigenvalue weighted by Crippen LogP contribution is -2.00. The summed E-state index contributed by atoms with van der Waals surface area (Å²) in [5.74, 6) is 4.18. The molecule has 5 rings (SSSR count). The molecule has 0 spiro atoms. The van der Waals surface area contributed by atoms with Crippen LogP contribution in [0.5, 0.6) is 11.5 Å². The average Bonchev–Trinajstić information content (AvgIpc) is 3.60. The second kappa shape index (κ2) is 17.9. The van der Waals surface area contributed by atoms with Crippen molar-refractivity contribution in [3.8, 4) is 11.5 Å². The number of para-hydroxylation sites is 2. The van der Waals surface area contributed by atoms with Crippen LogP contribution >= 0.6 is 70.6 Å². The molecule has 0 saturated carbocycles. The van der Waals surface area contributed by atoms with E-state index < -0.39 is 0 Å². The molecule has 0 aliphatic carbocycles. The Morgan fingerprint density at radius 3 is 1.20 bits per heavy atom. The third kappa shape index (κ3) is 8.92. The molecule has 0 saturated heterocycles. The smallest absolute Gasteiger partial charge is 0.126 e. The summed E-state index contributed by atoms with van der Waals surface area (Å²) in [7, 11) is 3.57. The van der Waals surface area contributed by atoms with Crippen molar-refractivity contribution in [1.82, 2.24) is 0 Å². The normalized spacial score (nSPS) is 23.4. The molecule has 3 aliphatic rings. The molecule has 2 aromatic rings. The Kier molecular flexibility index (Phi) is 14.0. The highest BCUT2D eigenvalue weighted by atomic mass is 32.2. The van der Waals surface area contributed by atoms with Crippen molar-refractivity contribution in [3.05, 3.63) is 86.4 Å². The third-order valence-electron chi connectivity index (χ3n) is 7.85. The summed E-state index contributed by atoms with van der Waals surface area (Å²) >= 11 is 11.8. The summed E-state index contributed by atoms with van der Waals surface area (Å²) in [6.07, 6.45) is 13.6. The molecule has 2 nitrogen and oxygen atoms in total. The molecule has 0 amide bonds. The first-order valence-corrected chi connectivity index (χ1v) is 21.0. The Labute approximate surface area is 290 Å². The fourth-order valence-corrected chi connectivity index (χ4v) is 14.1. The van der Waals surface area contributed by atoms with Gasteiger partial charge in [0.2, 0.25) is 0 Å². The molecule has 2 aromatic carbocycles. The van der Waals surface area contributed by atoms with Crippen LogP contribution in [-0.4, -0.2) is 25.7 Å². The Morgan fingerprint density at radius 2 is 0.818 bits per heavy atom. The molecule has 0 N–H and O–H groups in total. The number of thioether (sulfide) groups is 6. The van der Waals surface area contributed by atoms with Crippen LogP contribution < -0.4 is 9.47 Å². The quantitative estimate of drug-likeness (QED) is 0.310. The first-order chi connectivity index (χ1) is 21.6. The van der Waals surface area contributed by atoms with Crippen molar-refractivity contribution in [1.29, 1.82) is 0 Å². The third-order valence-corrected chi connectivity index (χ3v) is 16.3. The van der Waals surface area contributed by atoms with Crippen LogP contribution in [-0.2, 0) is 0 Å². The van der Waals surface area contributed by atoms with Gasteiger partial charge in [0, 0.05) is 32.1 Å². The Hall–Kier alpha value is -0.900. The van der Waals surface area contributed by atoms with Crippen molar-refractivity contribution in [2.45, 2.75) is 78.1 Å². The molecular formula is C36H44O2S6. The minimum absolute atomic E-state index is 0.900. The Bertz CT molecular complexity index is 1320. The van der Waals surface area contributed by atoms with E-state index >= 15 is 0 Å². The van der Waals surface area contributed by atoms with Crippen LogP contribution in [0.4, 0.5) is 0 Å². The van der Waals surface area contributed by atoms with Crippen LogP contribution in [0, 0.1) is 0 Å². The summed E-state index contributed by atoms with van der Waals surface area (Å²) in [5, 5.41) is 0. The van der Waals surface area contributed by atoms with E-state index in [1.165, 1.54) is 114 Å². The summed E-state index contributed by atoms with van der Waals surface area (Å²) < 4.78 is 17.6. The van der Waals surface area contributed by atoms with Gasteiger partial charge in [-0.25, -0.2) is 0 Å². The predicted octanol–water partition coefficient (Wildman–Crippen LogP) is 13.5. The van der Waals surface area contributed by atoms with E-state index in [1.54, 1.807) is 14.2 Å². The van der Waals surface area contributed by atoms with E-state index in [-0.39, 0.29) is 0 Å². The average molecular weight is 701 g/mol. The number of allylic oxidation sites excluding steroid dienone is 4. The standard InChI is InChI=1S/C36H44O2S6/c1-25-33-39-23-17-11-9-7-5-6-8-10-12-18-24-40-34-26(2)42-36(44-34)32(28-20-14-16-22-30(28)38-4)31(35(41-25)43-33)27-19-13-15-21-29(27)37-3/h13-16,19-22H,5-12,17-18,23-24H2,1-4H3/b35-31-,36-32+. The van der Waals surface area contributed by atoms with Gasteiger partial charge in [-0.05, 0) is 50.3 Å². The lowest BCUT2D eigenvalue weighted by atomic mass is 9.93. The Morgan fingerprint density at radius 1 is 0.455 bits per heavy atom. The zero-order chi connectivity index (χ0) is 30.7. The Balaban J connectivity index is 1.61. The number of fused-ring (bicyclic) bond motifs is 4. The first kappa shape index (κ1) is 34.4. The van der Waals surface area contributed by atoms with Crippen LogP contribution in [0.3, 0.4) is 0 Å². The number of hydrogen-bond acceptors (Lipinski definition) is 8. The molecule has 4 bridgehead atoms. The lowest BCUT2D eigenvalue weighted by Gasteiger charge is -2.22. The molecule has 0 unspecified atom stereocenters. The summed E-state index contributed by atoms with van der Waals surface area (Å²) in [6.45, 7) is 4.59. The minimum atomic E-state index is 0.900. The van der Waals surface area contributed by atoms with Crippen LogP contribution in [0.2, 0.25) is 0 Å².